The fourth-order valence-electron chi connectivity index (χ4n) is 2.45. The van der Waals surface area contributed by atoms with E-state index in [9.17, 15) is 13.2 Å². The minimum atomic E-state index is -3.67. The summed E-state index contributed by atoms with van der Waals surface area (Å²) in [6, 6.07) is 14.1. The summed E-state index contributed by atoms with van der Waals surface area (Å²) in [6.07, 6.45) is 1.47. The highest BCUT2D eigenvalue weighted by molar-refractivity contribution is 7.90. The Morgan fingerprint density at radius 3 is 2.35 bits per heavy atom. The molecule has 1 aliphatic heterocycles. The second-order valence-corrected chi connectivity index (χ2v) is 7.39. The van der Waals surface area contributed by atoms with Gasteiger partial charge in [0.05, 0.1) is 16.5 Å². The first-order valence-corrected chi connectivity index (χ1v) is 9.44. The Morgan fingerprint density at radius 2 is 1.77 bits per heavy atom. The Balaban J connectivity index is 1.68. The normalized spacial score (nSPS) is 13.6. The average molecular weight is 368 g/mol. The van der Waals surface area contributed by atoms with Gasteiger partial charge in [-0.25, -0.2) is 8.42 Å². The van der Waals surface area contributed by atoms with Gasteiger partial charge in [-0.3, -0.25) is 14.5 Å². The van der Waals surface area contributed by atoms with Crippen LogP contribution in [0.3, 0.4) is 0 Å². The second kappa shape index (κ2) is 7.37. The van der Waals surface area contributed by atoms with E-state index in [-0.39, 0.29) is 10.8 Å². The molecule has 8 heteroatoms. The standard InChI is InChI=1S/C18H16N4O3S/c19-12-13-3-5-14(6-4-13)18(23)21-15-7-9-16(10-8-15)26(24,25)22-17-2-1-11-20-17/h3-10H,1-2,11H2,(H,20,22)(H,21,23). The summed E-state index contributed by atoms with van der Waals surface area (Å²) in [7, 11) is -3.67. The smallest absolute Gasteiger partial charge is 0.262 e. The lowest BCUT2D eigenvalue weighted by Gasteiger charge is -2.09. The molecule has 0 fully saturated rings. The highest BCUT2D eigenvalue weighted by Gasteiger charge is 2.18. The van der Waals surface area contributed by atoms with Crippen LogP contribution in [0, 0.1) is 11.3 Å². The van der Waals surface area contributed by atoms with Gasteiger partial charge in [0.15, 0.2) is 0 Å². The molecule has 0 saturated carbocycles. The Kier molecular flexibility index (Phi) is 5.00. The first-order chi connectivity index (χ1) is 12.5. The minimum absolute atomic E-state index is 0.100. The molecular formula is C18H16N4O3S. The van der Waals surface area contributed by atoms with Gasteiger partial charge in [0, 0.05) is 24.2 Å². The number of hydrogen-bond acceptors (Lipinski definition) is 5. The second-order valence-electron chi connectivity index (χ2n) is 5.71. The highest BCUT2D eigenvalue weighted by Crippen LogP contribution is 2.16. The number of rotatable bonds is 4. The first-order valence-electron chi connectivity index (χ1n) is 7.96. The third kappa shape index (κ3) is 4.07. The number of amides is 1. The van der Waals surface area contributed by atoms with E-state index in [0.29, 0.717) is 35.6 Å². The van der Waals surface area contributed by atoms with Crippen molar-refractivity contribution in [2.75, 3.05) is 11.9 Å². The number of carbonyl (C=O) groups excluding carboxylic acids is 1. The number of aliphatic imine (C=N–C) groups is 1. The van der Waals surface area contributed by atoms with E-state index < -0.39 is 10.0 Å². The number of benzene rings is 2. The molecule has 132 valence electrons. The molecule has 3 rings (SSSR count). The van der Waals surface area contributed by atoms with Crippen LogP contribution in [0.1, 0.15) is 28.8 Å². The zero-order valence-electron chi connectivity index (χ0n) is 13.8. The van der Waals surface area contributed by atoms with Gasteiger partial charge in [-0.1, -0.05) is 0 Å². The van der Waals surface area contributed by atoms with Crippen molar-refractivity contribution in [3.05, 3.63) is 59.7 Å². The SMILES string of the molecule is N#Cc1ccc(C(=O)Nc2ccc(S(=O)(=O)NC3=NCCC3)cc2)cc1. The van der Waals surface area contributed by atoms with Gasteiger partial charge in [0.1, 0.15) is 5.84 Å². The Labute approximate surface area is 151 Å². The topological polar surface area (TPSA) is 111 Å². The Hall–Kier alpha value is -3.18. The predicted octanol–water partition coefficient (Wildman–Crippen LogP) is 2.28. The maximum atomic E-state index is 12.3. The van der Waals surface area contributed by atoms with Crippen molar-refractivity contribution < 1.29 is 13.2 Å². The molecule has 0 saturated heterocycles. The molecule has 2 N–H and O–H groups in total. The quantitative estimate of drug-likeness (QED) is 0.862. The Morgan fingerprint density at radius 1 is 1.08 bits per heavy atom. The monoisotopic (exact) mass is 368 g/mol. The zero-order valence-corrected chi connectivity index (χ0v) is 14.6. The van der Waals surface area contributed by atoms with Crippen LogP contribution in [0.2, 0.25) is 0 Å². The number of sulfonamides is 1. The molecule has 1 heterocycles. The van der Waals surface area contributed by atoms with E-state index in [0.717, 1.165) is 6.42 Å². The molecule has 0 atom stereocenters. The van der Waals surface area contributed by atoms with Gasteiger partial charge in [-0.15, -0.1) is 0 Å². The maximum absolute atomic E-state index is 12.3. The molecule has 0 aliphatic carbocycles. The van der Waals surface area contributed by atoms with E-state index in [1.807, 2.05) is 6.07 Å². The lowest BCUT2D eigenvalue weighted by Crippen LogP contribution is -2.29. The number of anilines is 1. The highest BCUT2D eigenvalue weighted by atomic mass is 32.2. The number of carbonyl (C=O) groups is 1. The van der Waals surface area contributed by atoms with Crippen molar-refractivity contribution in [1.82, 2.24) is 4.72 Å². The fourth-order valence-corrected chi connectivity index (χ4v) is 3.54. The third-order valence-electron chi connectivity index (χ3n) is 3.83. The van der Waals surface area contributed by atoms with E-state index in [4.69, 9.17) is 5.26 Å². The molecule has 0 radical (unpaired) electrons. The molecule has 0 bridgehead atoms. The first kappa shape index (κ1) is 17.6. The van der Waals surface area contributed by atoms with Crippen LogP contribution < -0.4 is 10.0 Å². The number of nitriles is 1. The van der Waals surface area contributed by atoms with Gasteiger partial charge in [-0.2, -0.15) is 5.26 Å². The zero-order chi connectivity index (χ0) is 18.6. The largest absolute Gasteiger partial charge is 0.322 e. The summed E-state index contributed by atoms with van der Waals surface area (Å²) < 4.78 is 27.1. The van der Waals surface area contributed by atoms with E-state index >= 15 is 0 Å². The number of nitrogens with zero attached hydrogens (tertiary/aromatic N) is 2. The van der Waals surface area contributed by atoms with Gasteiger partial charge in [0.25, 0.3) is 15.9 Å². The minimum Gasteiger partial charge on any atom is -0.322 e. The number of nitrogens with one attached hydrogen (secondary N) is 2. The molecule has 26 heavy (non-hydrogen) atoms. The third-order valence-corrected chi connectivity index (χ3v) is 5.22. The van der Waals surface area contributed by atoms with Crippen LogP contribution >= 0.6 is 0 Å². The van der Waals surface area contributed by atoms with Crippen LogP contribution in [0.5, 0.6) is 0 Å². The average Bonchev–Trinajstić information content (AvgIpc) is 3.14. The predicted molar refractivity (Wildman–Crippen MR) is 97.4 cm³/mol. The van der Waals surface area contributed by atoms with Crippen molar-refractivity contribution in [1.29, 1.82) is 5.26 Å². The van der Waals surface area contributed by atoms with Crippen LogP contribution in [0.4, 0.5) is 5.69 Å². The molecule has 1 aliphatic rings. The van der Waals surface area contributed by atoms with E-state index in [2.05, 4.69) is 15.0 Å². The fraction of sp³-hybridized carbons (Fsp3) is 0.167. The van der Waals surface area contributed by atoms with Crippen LogP contribution in [-0.2, 0) is 10.0 Å². The molecule has 0 unspecified atom stereocenters. The van der Waals surface area contributed by atoms with Gasteiger partial charge < -0.3 is 5.32 Å². The molecule has 0 spiro atoms. The summed E-state index contributed by atoms with van der Waals surface area (Å²) in [5.74, 6) is 0.131. The van der Waals surface area contributed by atoms with Gasteiger partial charge in [-0.05, 0) is 55.0 Å². The van der Waals surface area contributed by atoms with Crippen molar-refractivity contribution in [3.63, 3.8) is 0 Å². The lowest BCUT2D eigenvalue weighted by atomic mass is 10.1. The van der Waals surface area contributed by atoms with Crippen molar-refractivity contribution >= 4 is 27.5 Å². The summed E-state index contributed by atoms with van der Waals surface area (Å²) in [6.45, 7) is 0.637. The molecule has 2 aromatic rings. The number of amidine groups is 1. The molecule has 7 nitrogen and oxygen atoms in total. The van der Waals surface area contributed by atoms with Crippen LogP contribution in [0.25, 0.3) is 0 Å². The molecule has 1 amide bonds. The summed E-state index contributed by atoms with van der Waals surface area (Å²) in [5, 5.41) is 11.5. The summed E-state index contributed by atoms with van der Waals surface area (Å²) >= 11 is 0. The van der Waals surface area contributed by atoms with Crippen molar-refractivity contribution in [2.45, 2.75) is 17.7 Å². The maximum Gasteiger partial charge on any atom is 0.262 e. The summed E-state index contributed by atoms with van der Waals surface area (Å²) in [4.78, 5) is 16.4. The van der Waals surface area contributed by atoms with Crippen LogP contribution in [-0.4, -0.2) is 26.7 Å². The van der Waals surface area contributed by atoms with Crippen molar-refractivity contribution in [3.8, 4) is 6.07 Å². The van der Waals surface area contributed by atoms with E-state index in [1.54, 1.807) is 24.3 Å². The summed E-state index contributed by atoms with van der Waals surface area (Å²) in [5.41, 5.74) is 1.34. The molecule has 0 aromatic heterocycles. The Bertz CT molecular complexity index is 988. The lowest BCUT2D eigenvalue weighted by molar-refractivity contribution is 0.102. The van der Waals surface area contributed by atoms with Crippen molar-refractivity contribution in [2.24, 2.45) is 4.99 Å². The molecular weight excluding hydrogens is 352 g/mol. The molecule has 2 aromatic carbocycles. The van der Waals surface area contributed by atoms with Gasteiger partial charge in [0.2, 0.25) is 0 Å². The number of hydrogen-bond donors (Lipinski definition) is 2. The van der Waals surface area contributed by atoms with Crippen LogP contribution in [0.15, 0.2) is 58.4 Å². The van der Waals surface area contributed by atoms with E-state index in [1.165, 1.54) is 24.3 Å². The van der Waals surface area contributed by atoms with Gasteiger partial charge >= 0.3 is 0 Å².